The van der Waals surface area contributed by atoms with Crippen molar-refractivity contribution in [1.82, 2.24) is 0 Å². The molecule has 2 unspecified atom stereocenters. The zero-order valence-electron chi connectivity index (χ0n) is 13.2. The molecule has 0 saturated heterocycles. The summed E-state index contributed by atoms with van der Waals surface area (Å²) in [6.45, 7) is 4.52. The third kappa shape index (κ3) is 3.23. The Labute approximate surface area is 159 Å². The van der Waals surface area contributed by atoms with Gasteiger partial charge in [-0.2, -0.15) is 0 Å². The first-order valence-corrected chi connectivity index (χ1v) is 9.36. The number of fused-ring (bicyclic) bond motifs is 2. The average molecular weight is 377 g/mol. The van der Waals surface area contributed by atoms with Crippen molar-refractivity contribution in [3.8, 4) is 0 Å². The van der Waals surface area contributed by atoms with Crippen molar-refractivity contribution >= 4 is 12.2 Å². The minimum atomic E-state index is -0.124. The summed E-state index contributed by atoms with van der Waals surface area (Å²) < 4.78 is 1.36. The van der Waals surface area contributed by atoms with Crippen molar-refractivity contribution in [3.05, 3.63) is 81.9 Å². The summed E-state index contributed by atoms with van der Waals surface area (Å²) in [5, 5.41) is 0. The Morgan fingerprint density at radius 1 is 0.696 bits per heavy atom. The molecule has 0 saturated carbocycles. The Balaban J connectivity index is 0.000000960. The molecule has 0 amide bonds. The second-order valence-corrected chi connectivity index (χ2v) is 8.46. The van der Waals surface area contributed by atoms with Crippen LogP contribution in [0.15, 0.2) is 48.6 Å². The summed E-state index contributed by atoms with van der Waals surface area (Å²) in [6, 6.07) is 13.4. The van der Waals surface area contributed by atoms with Crippen LogP contribution >= 0.6 is 0 Å². The average Bonchev–Trinajstić information content (AvgIpc) is 3.06. The smallest absolute Gasteiger partial charge is 1.00 e. The maximum Gasteiger partial charge on any atom is -1.00 e. The third-order valence-electron chi connectivity index (χ3n) is 4.63. The van der Waals surface area contributed by atoms with Gasteiger partial charge in [-0.1, -0.05) is 0 Å². The molecule has 3 heteroatoms. The van der Waals surface area contributed by atoms with E-state index in [0.717, 1.165) is 0 Å². The molecule has 0 N–H and O–H groups in total. The Morgan fingerprint density at radius 2 is 1.13 bits per heavy atom. The van der Waals surface area contributed by atoms with Crippen LogP contribution in [0.5, 0.6) is 0 Å². The first kappa shape index (κ1) is 18.6. The SMILES string of the molecule is Cc1cccc2c1[CH]([Ti+2][CH]1C=Cc3cccc(C)c31)C=C2.[Cl-].[Cl-]. The van der Waals surface area contributed by atoms with Crippen molar-refractivity contribution in [3.63, 3.8) is 0 Å². The standard InChI is InChI=1S/2C10H9.2ClH.Ti/c2*1-8-4-2-5-9-6-3-7-10(8)9;;;/h2*2-7H,1H3;2*1H;/q;;;;+2/p-2. The number of hydrogen-bond acceptors (Lipinski definition) is 0. The van der Waals surface area contributed by atoms with Gasteiger partial charge in [-0.15, -0.1) is 0 Å². The van der Waals surface area contributed by atoms with Crippen LogP contribution in [0, 0.1) is 13.8 Å². The molecule has 0 heterocycles. The van der Waals surface area contributed by atoms with Crippen molar-refractivity contribution < 1.29 is 44.0 Å². The minimum absolute atomic E-state index is 0. The minimum Gasteiger partial charge on any atom is -1.00 e. The third-order valence-corrected chi connectivity index (χ3v) is 7.26. The summed E-state index contributed by atoms with van der Waals surface area (Å²) in [6.07, 6.45) is 9.55. The van der Waals surface area contributed by atoms with Crippen LogP contribution < -0.4 is 24.8 Å². The van der Waals surface area contributed by atoms with E-state index >= 15 is 0 Å². The van der Waals surface area contributed by atoms with Crippen LogP contribution in [0.2, 0.25) is 0 Å². The van der Waals surface area contributed by atoms with E-state index in [-0.39, 0.29) is 44.0 Å². The molecule has 2 aliphatic rings. The van der Waals surface area contributed by atoms with Gasteiger partial charge in [0.15, 0.2) is 0 Å². The van der Waals surface area contributed by atoms with E-state index in [4.69, 9.17) is 0 Å². The van der Waals surface area contributed by atoms with Crippen molar-refractivity contribution in [2.24, 2.45) is 0 Å². The largest absolute Gasteiger partial charge is 1.00 e. The van der Waals surface area contributed by atoms with E-state index in [1.54, 1.807) is 11.1 Å². The fourth-order valence-electron chi connectivity index (χ4n) is 3.61. The first-order chi connectivity index (χ1) is 10.2. The van der Waals surface area contributed by atoms with Gasteiger partial charge in [-0.05, 0) is 0 Å². The molecule has 4 rings (SSSR count). The Kier molecular flexibility index (Phi) is 5.97. The molecule has 23 heavy (non-hydrogen) atoms. The molecule has 2 atom stereocenters. The number of allylic oxidation sites excluding steroid dienone is 2. The van der Waals surface area contributed by atoms with Crippen LogP contribution in [-0.2, 0) is 19.2 Å². The van der Waals surface area contributed by atoms with Crippen molar-refractivity contribution in [2.75, 3.05) is 0 Å². The molecule has 0 aliphatic heterocycles. The maximum atomic E-state index is 2.45. The van der Waals surface area contributed by atoms with Gasteiger partial charge < -0.3 is 24.8 Å². The van der Waals surface area contributed by atoms with Gasteiger partial charge in [0, 0.05) is 0 Å². The van der Waals surface area contributed by atoms with Crippen LogP contribution in [0.4, 0.5) is 0 Å². The molecule has 0 nitrogen and oxygen atoms in total. The monoisotopic (exact) mass is 376 g/mol. The normalized spacial score (nSPS) is 19.4. The first-order valence-electron chi connectivity index (χ1n) is 7.55. The number of rotatable bonds is 2. The number of benzene rings is 2. The maximum absolute atomic E-state index is 2.45. The second kappa shape index (κ2) is 7.41. The predicted molar refractivity (Wildman–Crippen MR) is 85.9 cm³/mol. The fourth-order valence-corrected chi connectivity index (χ4v) is 6.61. The second-order valence-electron chi connectivity index (χ2n) is 6.00. The van der Waals surface area contributed by atoms with Crippen LogP contribution in [0.1, 0.15) is 41.8 Å². The molecule has 2 aliphatic carbocycles. The quantitative estimate of drug-likeness (QED) is 0.604. The summed E-state index contributed by atoms with van der Waals surface area (Å²) in [7, 11) is 0. The van der Waals surface area contributed by atoms with E-state index in [9.17, 15) is 0 Å². The molecule has 0 aromatic heterocycles. The van der Waals surface area contributed by atoms with E-state index in [0.29, 0.717) is 8.45 Å². The van der Waals surface area contributed by atoms with E-state index in [1.165, 1.54) is 22.3 Å². The summed E-state index contributed by atoms with van der Waals surface area (Å²) in [5.74, 6) is 0. The topological polar surface area (TPSA) is 0 Å². The molecule has 0 spiro atoms. The van der Waals surface area contributed by atoms with Gasteiger partial charge in [0.25, 0.3) is 0 Å². The van der Waals surface area contributed by atoms with Crippen molar-refractivity contribution in [2.45, 2.75) is 22.3 Å². The van der Waals surface area contributed by atoms with E-state index < -0.39 is 0 Å². The fraction of sp³-hybridized carbons (Fsp3) is 0.200. The molecular formula is C20H18Cl2Ti. The van der Waals surface area contributed by atoms with Gasteiger partial charge in [0.1, 0.15) is 0 Å². The molecule has 0 bridgehead atoms. The molecular weight excluding hydrogens is 359 g/mol. The van der Waals surface area contributed by atoms with Crippen LogP contribution in [0.3, 0.4) is 0 Å². The van der Waals surface area contributed by atoms with Crippen LogP contribution in [-0.4, -0.2) is 0 Å². The van der Waals surface area contributed by atoms with Crippen molar-refractivity contribution in [1.29, 1.82) is 0 Å². The Morgan fingerprint density at radius 3 is 1.57 bits per heavy atom. The van der Waals surface area contributed by atoms with Gasteiger partial charge in [-0.25, -0.2) is 0 Å². The summed E-state index contributed by atoms with van der Waals surface area (Å²) >= 11 is -0.124. The van der Waals surface area contributed by atoms with Crippen LogP contribution in [0.25, 0.3) is 12.2 Å². The van der Waals surface area contributed by atoms with E-state index in [1.807, 2.05) is 0 Å². The number of halogens is 2. The zero-order valence-corrected chi connectivity index (χ0v) is 16.3. The number of hydrogen-bond donors (Lipinski definition) is 0. The van der Waals surface area contributed by atoms with Gasteiger partial charge >= 0.3 is 136 Å². The van der Waals surface area contributed by atoms with Gasteiger partial charge in [0.2, 0.25) is 0 Å². The molecule has 2 aromatic rings. The zero-order chi connectivity index (χ0) is 14.4. The summed E-state index contributed by atoms with van der Waals surface area (Å²) in [4.78, 5) is 0. The van der Waals surface area contributed by atoms with Gasteiger partial charge in [-0.3, -0.25) is 0 Å². The molecule has 116 valence electrons. The Hall–Kier alpha value is -0.786. The molecule has 2 aromatic carbocycles. The Bertz CT molecular complexity index is 712. The predicted octanol–water partition coefficient (Wildman–Crippen LogP) is -0.770. The van der Waals surface area contributed by atoms with E-state index in [2.05, 4.69) is 74.5 Å². The molecule has 0 fully saturated rings. The summed E-state index contributed by atoms with van der Waals surface area (Å²) in [5.41, 5.74) is 8.98. The van der Waals surface area contributed by atoms with Gasteiger partial charge in [0.05, 0.1) is 0 Å². The number of aryl methyl sites for hydroxylation is 2. The molecule has 0 radical (unpaired) electrons.